The zero-order valence-electron chi connectivity index (χ0n) is 11.3. The smallest absolute Gasteiger partial charge is 0.123 e. The molecule has 2 aromatic rings. The second-order valence-electron chi connectivity index (χ2n) is 5.32. The predicted octanol–water partition coefficient (Wildman–Crippen LogP) is 3.13. The van der Waals surface area contributed by atoms with E-state index in [0.29, 0.717) is 12.1 Å². The first-order valence-electron chi connectivity index (χ1n) is 6.99. The monoisotopic (exact) mass is 271 g/mol. The summed E-state index contributed by atoms with van der Waals surface area (Å²) >= 11 is 0. The van der Waals surface area contributed by atoms with Gasteiger partial charge in [-0.15, -0.1) is 0 Å². The third-order valence-corrected chi connectivity index (χ3v) is 3.95. The van der Waals surface area contributed by atoms with Crippen molar-refractivity contribution in [2.24, 2.45) is 0 Å². The van der Waals surface area contributed by atoms with E-state index in [1.165, 1.54) is 29.3 Å². The minimum absolute atomic E-state index is 0.174. The highest BCUT2D eigenvalue weighted by Gasteiger charge is 2.15. The van der Waals surface area contributed by atoms with Gasteiger partial charge in [-0.3, -0.25) is 4.90 Å². The zero-order valence-corrected chi connectivity index (χ0v) is 11.3. The molecule has 0 aliphatic carbocycles. The molecule has 0 saturated carbocycles. The van der Waals surface area contributed by atoms with E-state index in [2.05, 4.69) is 29.2 Å². The SMILES string of the molecule is Oc1ccc(F)cc1CN1CCc2ccccc2CC1. The number of hydrogen-bond acceptors (Lipinski definition) is 2. The van der Waals surface area contributed by atoms with E-state index >= 15 is 0 Å². The Morgan fingerprint density at radius 1 is 1.00 bits per heavy atom. The highest BCUT2D eigenvalue weighted by atomic mass is 19.1. The molecule has 0 fully saturated rings. The average molecular weight is 271 g/mol. The lowest BCUT2D eigenvalue weighted by atomic mass is 10.0. The van der Waals surface area contributed by atoms with Crippen LogP contribution in [0.2, 0.25) is 0 Å². The van der Waals surface area contributed by atoms with Crippen molar-refractivity contribution in [3.63, 3.8) is 0 Å². The van der Waals surface area contributed by atoms with Crippen LogP contribution in [0.1, 0.15) is 16.7 Å². The van der Waals surface area contributed by atoms with Crippen LogP contribution in [-0.2, 0) is 19.4 Å². The topological polar surface area (TPSA) is 23.5 Å². The maximum Gasteiger partial charge on any atom is 0.123 e. The average Bonchev–Trinajstić information content (AvgIpc) is 2.66. The lowest BCUT2D eigenvalue weighted by molar-refractivity contribution is 0.274. The van der Waals surface area contributed by atoms with Gasteiger partial charge < -0.3 is 5.11 Å². The van der Waals surface area contributed by atoms with Crippen molar-refractivity contribution in [1.29, 1.82) is 0 Å². The molecular weight excluding hydrogens is 253 g/mol. The summed E-state index contributed by atoms with van der Waals surface area (Å²) in [6.07, 6.45) is 2.01. The molecule has 0 radical (unpaired) electrons. The molecule has 1 N–H and O–H groups in total. The molecule has 0 bridgehead atoms. The molecule has 2 aromatic carbocycles. The molecule has 0 atom stereocenters. The van der Waals surface area contributed by atoms with Gasteiger partial charge in [-0.1, -0.05) is 24.3 Å². The Bertz CT molecular complexity index is 585. The largest absolute Gasteiger partial charge is 0.508 e. The Morgan fingerprint density at radius 3 is 2.30 bits per heavy atom. The Labute approximate surface area is 118 Å². The van der Waals surface area contributed by atoms with Crippen LogP contribution in [0.4, 0.5) is 4.39 Å². The fraction of sp³-hybridized carbons (Fsp3) is 0.294. The van der Waals surface area contributed by atoms with E-state index in [4.69, 9.17) is 0 Å². The number of nitrogens with zero attached hydrogens (tertiary/aromatic N) is 1. The normalized spacial score (nSPS) is 15.7. The van der Waals surface area contributed by atoms with Crippen molar-refractivity contribution in [2.75, 3.05) is 13.1 Å². The minimum Gasteiger partial charge on any atom is -0.508 e. The summed E-state index contributed by atoms with van der Waals surface area (Å²) in [6.45, 7) is 2.47. The molecule has 1 aliphatic heterocycles. The van der Waals surface area contributed by atoms with Gasteiger partial charge in [-0.2, -0.15) is 0 Å². The summed E-state index contributed by atoms with van der Waals surface area (Å²) in [6, 6.07) is 12.7. The fourth-order valence-corrected chi connectivity index (χ4v) is 2.79. The van der Waals surface area contributed by atoms with Crippen LogP contribution in [-0.4, -0.2) is 23.1 Å². The molecule has 3 heteroatoms. The van der Waals surface area contributed by atoms with Gasteiger partial charge in [-0.05, 0) is 42.2 Å². The van der Waals surface area contributed by atoms with E-state index < -0.39 is 0 Å². The van der Waals surface area contributed by atoms with E-state index in [-0.39, 0.29) is 11.6 Å². The van der Waals surface area contributed by atoms with Crippen LogP contribution in [0, 0.1) is 5.82 Å². The number of phenolic OH excluding ortho intramolecular Hbond substituents is 1. The standard InChI is InChI=1S/C17H18FNO/c18-16-5-6-17(20)15(11-16)12-19-9-7-13-3-1-2-4-14(13)8-10-19/h1-6,11,20H,7-10,12H2. The van der Waals surface area contributed by atoms with Crippen LogP contribution in [0.3, 0.4) is 0 Å². The molecule has 2 nitrogen and oxygen atoms in total. The zero-order chi connectivity index (χ0) is 13.9. The number of hydrogen-bond donors (Lipinski definition) is 1. The van der Waals surface area contributed by atoms with Crippen LogP contribution >= 0.6 is 0 Å². The number of rotatable bonds is 2. The molecule has 0 saturated heterocycles. The van der Waals surface area contributed by atoms with Gasteiger partial charge in [0.2, 0.25) is 0 Å². The molecular formula is C17H18FNO. The van der Waals surface area contributed by atoms with Crippen LogP contribution < -0.4 is 0 Å². The predicted molar refractivity (Wildman–Crippen MR) is 77.2 cm³/mol. The van der Waals surface area contributed by atoms with E-state index in [9.17, 15) is 9.50 Å². The molecule has 3 rings (SSSR count). The first kappa shape index (κ1) is 13.1. The number of halogens is 1. The van der Waals surface area contributed by atoms with Gasteiger partial charge in [0, 0.05) is 25.2 Å². The first-order chi connectivity index (χ1) is 9.72. The molecule has 104 valence electrons. The lowest BCUT2D eigenvalue weighted by Crippen LogP contribution is -2.26. The maximum absolute atomic E-state index is 13.3. The van der Waals surface area contributed by atoms with Crippen molar-refractivity contribution in [3.8, 4) is 5.75 Å². The highest BCUT2D eigenvalue weighted by Crippen LogP contribution is 2.22. The fourth-order valence-electron chi connectivity index (χ4n) is 2.79. The van der Waals surface area contributed by atoms with E-state index in [1.54, 1.807) is 0 Å². The van der Waals surface area contributed by atoms with Gasteiger partial charge in [0.1, 0.15) is 11.6 Å². The van der Waals surface area contributed by atoms with Crippen LogP contribution in [0.15, 0.2) is 42.5 Å². The Balaban J connectivity index is 1.73. The number of benzene rings is 2. The van der Waals surface area contributed by atoms with Gasteiger partial charge in [0.05, 0.1) is 0 Å². The molecule has 0 aromatic heterocycles. The maximum atomic E-state index is 13.3. The van der Waals surface area contributed by atoms with Crippen molar-refractivity contribution in [2.45, 2.75) is 19.4 Å². The summed E-state index contributed by atoms with van der Waals surface area (Å²) in [4.78, 5) is 2.27. The van der Waals surface area contributed by atoms with Crippen LogP contribution in [0.25, 0.3) is 0 Å². The molecule has 0 unspecified atom stereocenters. The Hall–Kier alpha value is -1.87. The summed E-state index contributed by atoms with van der Waals surface area (Å²) in [5.41, 5.74) is 3.47. The Morgan fingerprint density at radius 2 is 1.65 bits per heavy atom. The summed E-state index contributed by atoms with van der Waals surface area (Å²) in [5, 5.41) is 9.82. The van der Waals surface area contributed by atoms with Crippen LogP contribution in [0.5, 0.6) is 5.75 Å². The summed E-state index contributed by atoms with van der Waals surface area (Å²) < 4.78 is 13.3. The number of aromatic hydroxyl groups is 1. The van der Waals surface area contributed by atoms with E-state index in [1.807, 2.05) is 0 Å². The molecule has 1 aliphatic rings. The second-order valence-corrected chi connectivity index (χ2v) is 5.32. The quantitative estimate of drug-likeness (QED) is 0.907. The third-order valence-electron chi connectivity index (χ3n) is 3.95. The lowest BCUT2D eigenvalue weighted by Gasteiger charge is -2.20. The van der Waals surface area contributed by atoms with Crippen molar-refractivity contribution in [1.82, 2.24) is 4.90 Å². The van der Waals surface area contributed by atoms with Gasteiger partial charge in [-0.25, -0.2) is 4.39 Å². The van der Waals surface area contributed by atoms with Crippen molar-refractivity contribution < 1.29 is 9.50 Å². The third kappa shape index (κ3) is 2.83. The highest BCUT2D eigenvalue weighted by molar-refractivity contribution is 5.33. The Kier molecular flexibility index (Phi) is 3.70. The number of phenols is 1. The van der Waals surface area contributed by atoms with E-state index in [0.717, 1.165) is 25.9 Å². The van der Waals surface area contributed by atoms with Gasteiger partial charge in [0.25, 0.3) is 0 Å². The first-order valence-corrected chi connectivity index (χ1v) is 6.99. The summed E-state index contributed by atoms with van der Waals surface area (Å²) in [7, 11) is 0. The molecule has 20 heavy (non-hydrogen) atoms. The minimum atomic E-state index is -0.295. The number of fused-ring (bicyclic) bond motifs is 1. The van der Waals surface area contributed by atoms with Crippen molar-refractivity contribution in [3.05, 3.63) is 65.0 Å². The van der Waals surface area contributed by atoms with Gasteiger partial charge in [0.15, 0.2) is 0 Å². The van der Waals surface area contributed by atoms with Crippen molar-refractivity contribution >= 4 is 0 Å². The molecule has 0 spiro atoms. The second kappa shape index (κ2) is 5.63. The van der Waals surface area contributed by atoms with Gasteiger partial charge >= 0.3 is 0 Å². The summed E-state index contributed by atoms with van der Waals surface area (Å²) in [5.74, 6) is -0.121. The molecule has 1 heterocycles. The molecule has 0 amide bonds.